The molecule has 1 aliphatic rings. The number of anilines is 1. The summed E-state index contributed by atoms with van der Waals surface area (Å²) in [5, 5.41) is 6.28. The summed E-state index contributed by atoms with van der Waals surface area (Å²) in [6.45, 7) is 0.568. The number of halogens is 1. The summed E-state index contributed by atoms with van der Waals surface area (Å²) >= 11 is 5.91. The number of ether oxygens (including phenoxy) is 1. The maximum Gasteiger partial charge on any atom is 0.262 e. The minimum Gasteiger partial charge on any atom is -0.482 e. The van der Waals surface area contributed by atoms with Crippen LogP contribution in [0.3, 0.4) is 0 Å². The molecule has 2 aromatic carbocycles. The fourth-order valence-electron chi connectivity index (χ4n) is 2.53. The first-order chi connectivity index (χ1) is 11.6. The lowest BCUT2D eigenvalue weighted by Crippen LogP contribution is -2.27. The molecule has 0 saturated heterocycles. The molecule has 2 N–H and O–H groups in total. The number of rotatable bonds is 5. The molecule has 0 saturated carbocycles. The van der Waals surface area contributed by atoms with Crippen molar-refractivity contribution in [1.82, 2.24) is 5.32 Å². The Balaban J connectivity index is 1.50. The van der Waals surface area contributed by atoms with Gasteiger partial charge in [-0.15, -0.1) is 0 Å². The number of benzene rings is 2. The van der Waals surface area contributed by atoms with Crippen LogP contribution in [-0.2, 0) is 22.4 Å². The second kappa shape index (κ2) is 7.36. The molecule has 24 heavy (non-hydrogen) atoms. The Bertz CT molecular complexity index is 777. The Kier molecular flexibility index (Phi) is 5.01. The van der Waals surface area contributed by atoms with Crippen LogP contribution >= 0.6 is 11.6 Å². The summed E-state index contributed by atoms with van der Waals surface area (Å²) in [5.41, 5.74) is 2.57. The van der Waals surface area contributed by atoms with Gasteiger partial charge >= 0.3 is 0 Å². The molecule has 124 valence electrons. The van der Waals surface area contributed by atoms with Crippen LogP contribution in [0.5, 0.6) is 5.75 Å². The van der Waals surface area contributed by atoms with E-state index in [2.05, 4.69) is 10.6 Å². The van der Waals surface area contributed by atoms with E-state index in [1.807, 2.05) is 30.3 Å². The summed E-state index contributed by atoms with van der Waals surface area (Å²) in [4.78, 5) is 23.3. The zero-order valence-corrected chi connectivity index (χ0v) is 13.7. The molecule has 0 unspecified atom stereocenters. The Morgan fingerprint density at radius 1 is 1.21 bits per heavy atom. The average molecular weight is 345 g/mol. The third-order valence-corrected chi connectivity index (χ3v) is 3.90. The van der Waals surface area contributed by atoms with Gasteiger partial charge in [-0.3, -0.25) is 9.59 Å². The standard InChI is InChI=1S/C18H17ClN2O3/c19-14-3-1-2-13(8-14)10-17(22)20-7-6-12-4-5-16-15(9-12)21-18(23)11-24-16/h1-5,8-9H,6-7,10-11H2,(H,20,22)(H,21,23). The van der Waals surface area contributed by atoms with Gasteiger partial charge in [-0.05, 0) is 41.8 Å². The van der Waals surface area contributed by atoms with Crippen molar-refractivity contribution < 1.29 is 14.3 Å². The summed E-state index contributed by atoms with van der Waals surface area (Å²) in [5.74, 6) is 0.463. The molecule has 0 atom stereocenters. The van der Waals surface area contributed by atoms with Crippen molar-refractivity contribution in [2.45, 2.75) is 12.8 Å². The number of amides is 2. The van der Waals surface area contributed by atoms with Gasteiger partial charge in [-0.2, -0.15) is 0 Å². The van der Waals surface area contributed by atoms with Gasteiger partial charge in [-0.1, -0.05) is 29.8 Å². The lowest BCUT2D eigenvalue weighted by atomic mass is 10.1. The minimum absolute atomic E-state index is 0.0475. The monoisotopic (exact) mass is 344 g/mol. The van der Waals surface area contributed by atoms with E-state index in [-0.39, 0.29) is 18.4 Å². The van der Waals surface area contributed by atoms with Crippen molar-refractivity contribution >= 4 is 29.1 Å². The van der Waals surface area contributed by atoms with Crippen LogP contribution in [0.4, 0.5) is 5.69 Å². The van der Waals surface area contributed by atoms with Crippen molar-refractivity contribution in [3.8, 4) is 5.75 Å². The van der Waals surface area contributed by atoms with Crippen LogP contribution in [0.25, 0.3) is 0 Å². The number of fused-ring (bicyclic) bond motifs is 1. The van der Waals surface area contributed by atoms with Crippen molar-refractivity contribution in [3.63, 3.8) is 0 Å². The van der Waals surface area contributed by atoms with Gasteiger partial charge in [-0.25, -0.2) is 0 Å². The maximum absolute atomic E-state index is 12.0. The SMILES string of the molecule is O=C(Cc1cccc(Cl)c1)NCCc1ccc2c(c1)NC(=O)CO2. The molecule has 2 aromatic rings. The summed E-state index contributed by atoms with van der Waals surface area (Å²) in [6.07, 6.45) is 0.971. The van der Waals surface area contributed by atoms with Gasteiger partial charge in [0, 0.05) is 11.6 Å². The predicted octanol–water partition coefficient (Wildman–Crippen LogP) is 2.57. The van der Waals surface area contributed by atoms with Crippen molar-refractivity contribution in [2.24, 2.45) is 0 Å². The highest BCUT2D eigenvalue weighted by Gasteiger charge is 2.15. The van der Waals surface area contributed by atoms with Crippen LogP contribution in [0.15, 0.2) is 42.5 Å². The molecule has 3 rings (SSSR count). The van der Waals surface area contributed by atoms with E-state index in [4.69, 9.17) is 16.3 Å². The molecular formula is C18H17ClN2O3. The maximum atomic E-state index is 12.0. The highest BCUT2D eigenvalue weighted by atomic mass is 35.5. The van der Waals surface area contributed by atoms with E-state index in [1.54, 1.807) is 12.1 Å². The van der Waals surface area contributed by atoms with Gasteiger partial charge < -0.3 is 15.4 Å². The normalized spacial score (nSPS) is 12.8. The zero-order valence-electron chi connectivity index (χ0n) is 13.0. The van der Waals surface area contributed by atoms with E-state index in [9.17, 15) is 9.59 Å². The first-order valence-corrected chi connectivity index (χ1v) is 8.05. The van der Waals surface area contributed by atoms with Gasteiger partial charge in [0.05, 0.1) is 12.1 Å². The molecule has 6 heteroatoms. The lowest BCUT2D eigenvalue weighted by Gasteiger charge is -2.18. The summed E-state index contributed by atoms with van der Waals surface area (Å²) in [7, 11) is 0. The van der Waals surface area contributed by atoms with Crippen LogP contribution in [0.2, 0.25) is 5.02 Å². The smallest absolute Gasteiger partial charge is 0.262 e. The largest absolute Gasteiger partial charge is 0.482 e. The molecule has 2 amide bonds. The number of hydrogen-bond donors (Lipinski definition) is 2. The van der Waals surface area contributed by atoms with Crippen LogP contribution in [0, 0.1) is 0 Å². The third kappa shape index (κ3) is 4.26. The van der Waals surface area contributed by atoms with Crippen molar-refractivity contribution in [2.75, 3.05) is 18.5 Å². The lowest BCUT2D eigenvalue weighted by molar-refractivity contribution is -0.120. The van der Waals surface area contributed by atoms with Crippen molar-refractivity contribution in [3.05, 3.63) is 58.6 Å². The van der Waals surface area contributed by atoms with Gasteiger partial charge in [0.25, 0.3) is 5.91 Å². The Labute approximate surface area is 145 Å². The number of nitrogens with one attached hydrogen (secondary N) is 2. The molecule has 1 heterocycles. The quantitative estimate of drug-likeness (QED) is 0.876. The van der Waals surface area contributed by atoms with Crippen LogP contribution in [-0.4, -0.2) is 25.0 Å². The van der Waals surface area contributed by atoms with Gasteiger partial charge in [0.1, 0.15) is 5.75 Å². The molecule has 0 bridgehead atoms. The Hall–Kier alpha value is -2.53. The highest BCUT2D eigenvalue weighted by molar-refractivity contribution is 6.30. The van der Waals surface area contributed by atoms with Crippen LogP contribution < -0.4 is 15.4 Å². The fraction of sp³-hybridized carbons (Fsp3) is 0.222. The molecule has 5 nitrogen and oxygen atoms in total. The van der Waals surface area contributed by atoms with Crippen LogP contribution in [0.1, 0.15) is 11.1 Å². The average Bonchev–Trinajstić information content (AvgIpc) is 2.54. The number of hydrogen-bond acceptors (Lipinski definition) is 3. The fourth-order valence-corrected chi connectivity index (χ4v) is 2.74. The minimum atomic E-state index is -0.158. The van der Waals surface area contributed by atoms with E-state index in [0.29, 0.717) is 35.8 Å². The van der Waals surface area contributed by atoms with E-state index >= 15 is 0 Å². The summed E-state index contributed by atoms with van der Waals surface area (Å²) in [6, 6.07) is 12.9. The number of carbonyl (C=O) groups is 2. The zero-order chi connectivity index (χ0) is 16.9. The Morgan fingerprint density at radius 2 is 2.08 bits per heavy atom. The molecule has 0 radical (unpaired) electrons. The third-order valence-electron chi connectivity index (χ3n) is 3.67. The highest BCUT2D eigenvalue weighted by Crippen LogP contribution is 2.28. The second-order valence-electron chi connectivity index (χ2n) is 5.57. The summed E-state index contributed by atoms with van der Waals surface area (Å²) < 4.78 is 5.32. The molecule has 0 aromatic heterocycles. The topological polar surface area (TPSA) is 67.4 Å². The van der Waals surface area contributed by atoms with Crippen molar-refractivity contribution in [1.29, 1.82) is 0 Å². The van der Waals surface area contributed by atoms with E-state index in [0.717, 1.165) is 11.1 Å². The molecule has 0 aliphatic carbocycles. The molecule has 0 spiro atoms. The van der Waals surface area contributed by atoms with E-state index in [1.165, 1.54) is 0 Å². The molecule has 1 aliphatic heterocycles. The predicted molar refractivity (Wildman–Crippen MR) is 92.4 cm³/mol. The molecular weight excluding hydrogens is 328 g/mol. The van der Waals surface area contributed by atoms with E-state index < -0.39 is 0 Å². The molecule has 0 fully saturated rings. The Morgan fingerprint density at radius 3 is 2.92 bits per heavy atom. The number of carbonyl (C=O) groups excluding carboxylic acids is 2. The van der Waals surface area contributed by atoms with Gasteiger partial charge in [0.15, 0.2) is 6.61 Å². The second-order valence-corrected chi connectivity index (χ2v) is 6.01. The first kappa shape index (κ1) is 16.3. The van der Waals surface area contributed by atoms with Gasteiger partial charge in [0.2, 0.25) is 5.91 Å². The first-order valence-electron chi connectivity index (χ1n) is 7.67.